The molecular weight excluding hydrogens is 338 g/mol. The molecule has 0 atom stereocenters. The Morgan fingerprint density at radius 3 is 2.42 bits per heavy atom. The molecule has 7 heteroatoms. The summed E-state index contributed by atoms with van der Waals surface area (Å²) in [5.74, 6) is -1.85. The molecular formula is C19H16F2N4O. The summed E-state index contributed by atoms with van der Waals surface area (Å²) in [6.07, 6.45) is 5.35. The second kappa shape index (κ2) is 8.15. The molecule has 0 aliphatic carbocycles. The van der Waals surface area contributed by atoms with E-state index in [1.165, 1.54) is 12.4 Å². The molecule has 0 saturated carbocycles. The van der Waals surface area contributed by atoms with E-state index in [-0.39, 0.29) is 5.56 Å². The molecule has 0 saturated heterocycles. The minimum Gasteiger partial charge on any atom is -0.348 e. The van der Waals surface area contributed by atoms with Crippen LogP contribution in [0.15, 0.2) is 61.2 Å². The standard InChI is InChI=1S/C19H16F2N4O/c20-17-2-1-3-18(21)16(17)8-9-19(26)23-10-14-4-6-15(7-5-14)11-25-13-22-12-24-25/h1-9,12-13H,10-11H2,(H,23,26). The highest BCUT2D eigenvalue weighted by Gasteiger charge is 2.05. The number of benzene rings is 2. The zero-order chi connectivity index (χ0) is 18.4. The van der Waals surface area contributed by atoms with Gasteiger partial charge < -0.3 is 5.32 Å². The van der Waals surface area contributed by atoms with Crippen molar-refractivity contribution in [1.82, 2.24) is 20.1 Å². The average Bonchev–Trinajstić information content (AvgIpc) is 3.14. The molecule has 3 rings (SSSR count). The molecule has 0 fully saturated rings. The van der Waals surface area contributed by atoms with Crippen LogP contribution in [0.1, 0.15) is 16.7 Å². The summed E-state index contributed by atoms with van der Waals surface area (Å²) >= 11 is 0. The lowest BCUT2D eigenvalue weighted by atomic mass is 10.1. The van der Waals surface area contributed by atoms with Crippen LogP contribution in [0.5, 0.6) is 0 Å². The molecule has 3 aromatic rings. The fourth-order valence-corrected chi connectivity index (χ4v) is 2.34. The smallest absolute Gasteiger partial charge is 0.244 e. The summed E-state index contributed by atoms with van der Waals surface area (Å²) in [5.41, 5.74) is 1.73. The highest BCUT2D eigenvalue weighted by atomic mass is 19.1. The zero-order valence-electron chi connectivity index (χ0n) is 13.8. The van der Waals surface area contributed by atoms with Gasteiger partial charge in [-0.3, -0.25) is 4.79 Å². The van der Waals surface area contributed by atoms with E-state index in [4.69, 9.17) is 0 Å². The number of hydrogen-bond donors (Lipinski definition) is 1. The molecule has 0 spiro atoms. The molecule has 5 nitrogen and oxygen atoms in total. The van der Waals surface area contributed by atoms with E-state index >= 15 is 0 Å². The van der Waals surface area contributed by atoms with Gasteiger partial charge in [0.15, 0.2) is 0 Å². The number of nitrogens with zero attached hydrogens (tertiary/aromatic N) is 3. The summed E-state index contributed by atoms with van der Waals surface area (Å²) in [7, 11) is 0. The van der Waals surface area contributed by atoms with Crippen molar-refractivity contribution in [2.45, 2.75) is 13.1 Å². The highest BCUT2D eigenvalue weighted by molar-refractivity contribution is 5.91. The lowest BCUT2D eigenvalue weighted by Gasteiger charge is -2.05. The van der Waals surface area contributed by atoms with Crippen LogP contribution >= 0.6 is 0 Å². The van der Waals surface area contributed by atoms with Crippen LogP contribution in [0.4, 0.5) is 8.78 Å². The SMILES string of the molecule is O=C(C=Cc1c(F)cccc1F)NCc1ccc(Cn2cncn2)cc1. The van der Waals surface area contributed by atoms with Crippen molar-refractivity contribution in [2.24, 2.45) is 0 Å². The number of carbonyl (C=O) groups is 1. The van der Waals surface area contributed by atoms with Crippen LogP contribution in [0.3, 0.4) is 0 Å². The molecule has 0 bridgehead atoms. The van der Waals surface area contributed by atoms with E-state index in [0.29, 0.717) is 13.1 Å². The third-order valence-electron chi connectivity index (χ3n) is 3.70. The first kappa shape index (κ1) is 17.5. The molecule has 1 heterocycles. The van der Waals surface area contributed by atoms with E-state index in [1.807, 2.05) is 24.3 Å². The van der Waals surface area contributed by atoms with Gasteiger partial charge >= 0.3 is 0 Å². The maximum atomic E-state index is 13.5. The minimum absolute atomic E-state index is 0.236. The minimum atomic E-state index is -0.711. The largest absolute Gasteiger partial charge is 0.348 e. The van der Waals surface area contributed by atoms with Gasteiger partial charge in [-0.25, -0.2) is 18.4 Å². The first-order valence-electron chi connectivity index (χ1n) is 7.92. The van der Waals surface area contributed by atoms with Crippen LogP contribution in [-0.2, 0) is 17.9 Å². The van der Waals surface area contributed by atoms with Gasteiger partial charge in [-0.05, 0) is 29.3 Å². The quantitative estimate of drug-likeness (QED) is 0.693. The summed E-state index contributed by atoms with van der Waals surface area (Å²) in [6, 6.07) is 11.2. The monoisotopic (exact) mass is 354 g/mol. The molecule has 1 N–H and O–H groups in total. The van der Waals surface area contributed by atoms with E-state index in [0.717, 1.165) is 35.4 Å². The number of amides is 1. The van der Waals surface area contributed by atoms with Gasteiger partial charge in [-0.15, -0.1) is 0 Å². The van der Waals surface area contributed by atoms with Gasteiger partial charge in [0.1, 0.15) is 24.3 Å². The number of carbonyl (C=O) groups excluding carboxylic acids is 1. The van der Waals surface area contributed by atoms with Crippen LogP contribution in [0.2, 0.25) is 0 Å². The fourth-order valence-electron chi connectivity index (χ4n) is 2.34. The lowest BCUT2D eigenvalue weighted by molar-refractivity contribution is -0.116. The van der Waals surface area contributed by atoms with Crippen molar-refractivity contribution in [3.63, 3.8) is 0 Å². The second-order valence-corrected chi connectivity index (χ2v) is 5.60. The maximum absolute atomic E-state index is 13.5. The Hall–Kier alpha value is -3.35. The van der Waals surface area contributed by atoms with E-state index < -0.39 is 17.5 Å². The molecule has 0 radical (unpaired) electrons. The Bertz CT molecular complexity index is 886. The molecule has 0 aliphatic heterocycles. The first-order chi connectivity index (χ1) is 12.6. The molecule has 0 unspecified atom stereocenters. The van der Waals surface area contributed by atoms with Crippen molar-refractivity contribution in [3.8, 4) is 0 Å². The Kier molecular flexibility index (Phi) is 5.48. The van der Waals surface area contributed by atoms with Crippen molar-refractivity contribution < 1.29 is 13.6 Å². The molecule has 26 heavy (non-hydrogen) atoms. The van der Waals surface area contributed by atoms with Gasteiger partial charge in [0.25, 0.3) is 0 Å². The molecule has 1 amide bonds. The molecule has 0 aliphatic rings. The van der Waals surface area contributed by atoms with Crippen LogP contribution in [0, 0.1) is 11.6 Å². The van der Waals surface area contributed by atoms with Crippen LogP contribution in [-0.4, -0.2) is 20.7 Å². The Balaban J connectivity index is 1.53. The number of aromatic nitrogens is 3. The molecule has 1 aromatic heterocycles. The third kappa shape index (κ3) is 4.60. The van der Waals surface area contributed by atoms with Crippen molar-refractivity contribution in [2.75, 3.05) is 0 Å². The van der Waals surface area contributed by atoms with Crippen molar-refractivity contribution in [3.05, 3.63) is 89.5 Å². The Morgan fingerprint density at radius 2 is 1.77 bits per heavy atom. The summed E-state index contributed by atoms with van der Waals surface area (Å²) in [4.78, 5) is 15.7. The van der Waals surface area contributed by atoms with Gasteiger partial charge in [-0.2, -0.15) is 5.10 Å². The normalized spacial score (nSPS) is 11.0. The van der Waals surface area contributed by atoms with Crippen LogP contribution in [0.25, 0.3) is 6.08 Å². The van der Waals surface area contributed by atoms with Gasteiger partial charge in [0.05, 0.1) is 6.54 Å². The predicted octanol–water partition coefficient (Wildman–Crippen LogP) is 2.93. The second-order valence-electron chi connectivity index (χ2n) is 5.60. The lowest BCUT2D eigenvalue weighted by Crippen LogP contribution is -2.20. The van der Waals surface area contributed by atoms with Gasteiger partial charge in [0.2, 0.25) is 5.91 Å². The van der Waals surface area contributed by atoms with E-state index in [2.05, 4.69) is 15.4 Å². The summed E-state index contributed by atoms with van der Waals surface area (Å²) < 4.78 is 28.7. The number of hydrogen-bond acceptors (Lipinski definition) is 3. The Labute approximate surface area is 149 Å². The molecule has 2 aromatic carbocycles. The fraction of sp³-hybridized carbons (Fsp3) is 0.105. The third-order valence-corrected chi connectivity index (χ3v) is 3.70. The number of nitrogens with one attached hydrogen (secondary N) is 1. The Morgan fingerprint density at radius 1 is 1.08 bits per heavy atom. The van der Waals surface area contributed by atoms with Crippen LogP contribution < -0.4 is 5.32 Å². The summed E-state index contributed by atoms with van der Waals surface area (Å²) in [5, 5.41) is 6.71. The van der Waals surface area contributed by atoms with Gasteiger partial charge in [-0.1, -0.05) is 30.3 Å². The van der Waals surface area contributed by atoms with E-state index in [1.54, 1.807) is 11.0 Å². The highest BCUT2D eigenvalue weighted by Crippen LogP contribution is 2.13. The summed E-state index contributed by atoms with van der Waals surface area (Å²) in [6.45, 7) is 0.927. The van der Waals surface area contributed by atoms with Gasteiger partial charge in [0, 0.05) is 18.2 Å². The average molecular weight is 354 g/mol. The van der Waals surface area contributed by atoms with Crippen molar-refractivity contribution in [1.29, 1.82) is 0 Å². The predicted molar refractivity (Wildman–Crippen MR) is 92.8 cm³/mol. The van der Waals surface area contributed by atoms with E-state index in [9.17, 15) is 13.6 Å². The number of rotatable bonds is 6. The number of halogens is 2. The zero-order valence-corrected chi connectivity index (χ0v) is 13.8. The maximum Gasteiger partial charge on any atom is 0.244 e. The molecule has 132 valence electrons. The topological polar surface area (TPSA) is 59.8 Å². The first-order valence-corrected chi connectivity index (χ1v) is 7.92. The van der Waals surface area contributed by atoms with Crippen molar-refractivity contribution >= 4 is 12.0 Å².